The van der Waals surface area contributed by atoms with Crippen LogP contribution in [0.4, 0.5) is 9.52 Å². The maximum Gasteiger partial charge on any atom is 0.247 e. The molecule has 0 aliphatic carbocycles. The second-order valence-corrected chi connectivity index (χ2v) is 10.3. The number of aromatic nitrogens is 1. The van der Waals surface area contributed by atoms with E-state index in [1.54, 1.807) is 12.1 Å². The zero-order valence-electron chi connectivity index (χ0n) is 16.5. The Labute approximate surface area is 179 Å². The topological polar surface area (TPSA) is 70.6 Å². The maximum absolute atomic E-state index is 14.2. The number of nitrogens with zero attached hydrogens (tertiary/aromatic N) is 3. The summed E-state index contributed by atoms with van der Waals surface area (Å²) in [7, 11) is -3.53. The van der Waals surface area contributed by atoms with Crippen LogP contribution >= 0.6 is 11.3 Å². The molecule has 1 aromatic heterocycles. The Kier molecular flexibility index (Phi) is 5.86. The molecule has 0 spiro atoms. The highest BCUT2D eigenvalue weighted by Crippen LogP contribution is 2.33. The van der Waals surface area contributed by atoms with Gasteiger partial charge in [0.15, 0.2) is 5.13 Å². The van der Waals surface area contributed by atoms with Crippen molar-refractivity contribution in [3.8, 4) is 0 Å². The SMILES string of the molecule is CS(=O)(=O)N1CCCC[C@H]1C(=O)N(Cc1ccccc1)c1nc2c(F)cccc2s1. The van der Waals surface area contributed by atoms with Gasteiger partial charge < -0.3 is 0 Å². The number of fused-ring (bicyclic) bond motifs is 1. The van der Waals surface area contributed by atoms with E-state index >= 15 is 0 Å². The zero-order valence-corrected chi connectivity index (χ0v) is 18.1. The summed E-state index contributed by atoms with van der Waals surface area (Å²) in [4.78, 5) is 19.5. The van der Waals surface area contributed by atoms with E-state index in [1.807, 2.05) is 30.3 Å². The Balaban J connectivity index is 1.76. The lowest BCUT2D eigenvalue weighted by molar-refractivity contribution is -0.123. The molecule has 1 amide bonds. The minimum Gasteiger partial charge on any atom is -0.282 e. The molecule has 1 fully saturated rings. The smallest absolute Gasteiger partial charge is 0.247 e. The minimum absolute atomic E-state index is 0.215. The van der Waals surface area contributed by atoms with E-state index in [0.717, 1.165) is 24.7 Å². The molecule has 1 aliphatic rings. The van der Waals surface area contributed by atoms with E-state index in [-0.39, 0.29) is 18.0 Å². The molecule has 1 aliphatic heterocycles. The summed E-state index contributed by atoms with van der Waals surface area (Å²) < 4.78 is 40.7. The fourth-order valence-electron chi connectivity index (χ4n) is 3.75. The van der Waals surface area contributed by atoms with Crippen LogP contribution in [0.1, 0.15) is 24.8 Å². The summed E-state index contributed by atoms with van der Waals surface area (Å²) in [6.07, 6.45) is 3.08. The number of hydrogen-bond acceptors (Lipinski definition) is 5. The highest BCUT2D eigenvalue weighted by molar-refractivity contribution is 7.88. The predicted molar refractivity (Wildman–Crippen MR) is 116 cm³/mol. The van der Waals surface area contributed by atoms with Crippen LogP contribution in [0.3, 0.4) is 0 Å². The van der Waals surface area contributed by atoms with Crippen molar-refractivity contribution in [2.75, 3.05) is 17.7 Å². The molecule has 6 nitrogen and oxygen atoms in total. The van der Waals surface area contributed by atoms with Crippen LogP contribution < -0.4 is 4.90 Å². The number of amides is 1. The van der Waals surface area contributed by atoms with Crippen LogP contribution in [0, 0.1) is 5.82 Å². The normalized spacial score (nSPS) is 17.9. The molecule has 0 saturated carbocycles. The number of anilines is 1. The number of carbonyl (C=O) groups excluding carboxylic acids is 1. The molecule has 30 heavy (non-hydrogen) atoms. The van der Waals surface area contributed by atoms with Crippen LogP contribution in [0.25, 0.3) is 10.2 Å². The largest absolute Gasteiger partial charge is 0.282 e. The lowest BCUT2D eigenvalue weighted by Gasteiger charge is -2.35. The van der Waals surface area contributed by atoms with Crippen molar-refractivity contribution in [3.05, 3.63) is 59.9 Å². The first kappa shape index (κ1) is 20.9. The lowest BCUT2D eigenvalue weighted by atomic mass is 10.0. The zero-order chi connectivity index (χ0) is 21.3. The Hall–Kier alpha value is -2.36. The number of para-hydroxylation sites is 1. The number of benzene rings is 2. The summed E-state index contributed by atoms with van der Waals surface area (Å²) in [5.41, 5.74) is 1.10. The molecule has 2 aromatic carbocycles. The number of carbonyl (C=O) groups is 1. The highest BCUT2D eigenvalue weighted by atomic mass is 32.2. The van der Waals surface area contributed by atoms with Gasteiger partial charge in [-0.25, -0.2) is 17.8 Å². The number of piperidine rings is 1. The van der Waals surface area contributed by atoms with E-state index in [1.165, 1.54) is 26.6 Å². The van der Waals surface area contributed by atoms with E-state index < -0.39 is 21.9 Å². The van der Waals surface area contributed by atoms with Crippen molar-refractivity contribution in [3.63, 3.8) is 0 Å². The van der Waals surface area contributed by atoms with Crippen molar-refractivity contribution in [2.45, 2.75) is 31.8 Å². The molecule has 9 heteroatoms. The fraction of sp³-hybridized carbons (Fsp3) is 0.333. The van der Waals surface area contributed by atoms with Crippen molar-refractivity contribution >= 4 is 42.6 Å². The number of hydrogen-bond donors (Lipinski definition) is 0. The van der Waals surface area contributed by atoms with Crippen molar-refractivity contribution in [1.29, 1.82) is 0 Å². The van der Waals surface area contributed by atoms with Crippen molar-refractivity contribution < 1.29 is 17.6 Å². The monoisotopic (exact) mass is 447 g/mol. The van der Waals surface area contributed by atoms with Gasteiger partial charge in [0.1, 0.15) is 17.4 Å². The summed E-state index contributed by atoms with van der Waals surface area (Å²) in [5.74, 6) is -0.777. The van der Waals surface area contributed by atoms with Gasteiger partial charge in [-0.15, -0.1) is 0 Å². The average Bonchev–Trinajstić information content (AvgIpc) is 3.17. The first-order valence-corrected chi connectivity index (χ1v) is 12.4. The lowest BCUT2D eigenvalue weighted by Crippen LogP contribution is -2.52. The first-order valence-electron chi connectivity index (χ1n) is 9.72. The first-order chi connectivity index (χ1) is 14.3. The van der Waals surface area contributed by atoms with Crippen molar-refractivity contribution in [2.24, 2.45) is 0 Å². The molecule has 2 heterocycles. The van der Waals surface area contributed by atoms with Crippen LogP contribution in [0.5, 0.6) is 0 Å². The molecule has 0 radical (unpaired) electrons. The van der Waals surface area contributed by atoms with Gasteiger partial charge in [-0.05, 0) is 30.5 Å². The van der Waals surface area contributed by atoms with E-state index in [9.17, 15) is 17.6 Å². The van der Waals surface area contributed by atoms with E-state index in [0.29, 0.717) is 22.8 Å². The van der Waals surface area contributed by atoms with Crippen molar-refractivity contribution in [1.82, 2.24) is 9.29 Å². The second kappa shape index (κ2) is 8.41. The van der Waals surface area contributed by atoms with Crippen LogP contribution in [-0.2, 0) is 21.4 Å². The summed E-state index contributed by atoms with van der Waals surface area (Å²) in [6.45, 7) is 0.554. The fourth-order valence-corrected chi connectivity index (χ4v) is 5.86. The van der Waals surface area contributed by atoms with Gasteiger partial charge in [-0.1, -0.05) is 54.2 Å². The second-order valence-electron chi connectivity index (χ2n) is 7.38. The standard InChI is InChI=1S/C21H22FN3O3S2/c1-30(27,28)25-13-6-5-11-17(25)20(26)24(14-15-8-3-2-4-9-15)21-23-19-16(22)10-7-12-18(19)29-21/h2-4,7-10,12,17H,5-6,11,13-14H2,1H3/t17-/m0/s1. The van der Waals surface area contributed by atoms with Gasteiger partial charge in [0.05, 0.1) is 17.5 Å². The molecule has 1 saturated heterocycles. The van der Waals surface area contributed by atoms with Gasteiger partial charge in [0.2, 0.25) is 15.9 Å². The van der Waals surface area contributed by atoms with E-state index in [2.05, 4.69) is 4.98 Å². The van der Waals surface area contributed by atoms with Crippen LogP contribution in [0.15, 0.2) is 48.5 Å². The molecule has 3 aromatic rings. The number of rotatable bonds is 5. The molecule has 0 bridgehead atoms. The molecule has 4 rings (SSSR count). The third kappa shape index (κ3) is 4.23. The molecule has 1 atom stereocenters. The molecular formula is C21H22FN3O3S2. The average molecular weight is 448 g/mol. The number of halogens is 1. The Morgan fingerprint density at radius 2 is 1.97 bits per heavy atom. The van der Waals surface area contributed by atoms with E-state index in [4.69, 9.17) is 0 Å². The Morgan fingerprint density at radius 3 is 2.67 bits per heavy atom. The quantitative estimate of drug-likeness (QED) is 0.597. The third-order valence-electron chi connectivity index (χ3n) is 5.20. The van der Waals surface area contributed by atoms with Gasteiger partial charge >= 0.3 is 0 Å². The Bertz CT molecular complexity index is 1160. The highest BCUT2D eigenvalue weighted by Gasteiger charge is 2.38. The van der Waals surface area contributed by atoms with Gasteiger partial charge in [-0.3, -0.25) is 9.69 Å². The summed E-state index contributed by atoms with van der Waals surface area (Å²) in [6, 6.07) is 13.3. The summed E-state index contributed by atoms with van der Waals surface area (Å²) >= 11 is 1.23. The molecule has 0 unspecified atom stereocenters. The minimum atomic E-state index is -3.53. The number of thiazole rings is 1. The number of sulfonamides is 1. The predicted octanol–water partition coefficient (Wildman–Crippen LogP) is 3.78. The summed E-state index contributed by atoms with van der Waals surface area (Å²) in [5, 5.41) is 0.364. The van der Waals surface area contributed by atoms with Gasteiger partial charge in [0.25, 0.3) is 0 Å². The maximum atomic E-state index is 14.2. The third-order valence-corrected chi connectivity index (χ3v) is 7.54. The van der Waals surface area contributed by atoms with Gasteiger partial charge in [0, 0.05) is 6.54 Å². The molecule has 0 N–H and O–H groups in total. The van der Waals surface area contributed by atoms with Crippen LogP contribution in [0.2, 0.25) is 0 Å². The molecular weight excluding hydrogens is 425 g/mol. The van der Waals surface area contributed by atoms with Gasteiger partial charge in [-0.2, -0.15) is 4.31 Å². The van der Waals surface area contributed by atoms with Crippen LogP contribution in [-0.4, -0.2) is 42.5 Å². The Morgan fingerprint density at radius 1 is 1.20 bits per heavy atom. The molecule has 158 valence electrons.